The molecule has 2 aromatic rings. The molecule has 2 unspecified atom stereocenters. The third kappa shape index (κ3) is 2.92. The van der Waals surface area contributed by atoms with E-state index in [1.54, 1.807) is 18.5 Å². The van der Waals surface area contributed by atoms with Gasteiger partial charge in [0.1, 0.15) is 5.82 Å². The van der Waals surface area contributed by atoms with Gasteiger partial charge in [-0.3, -0.25) is 4.68 Å². The van der Waals surface area contributed by atoms with Crippen molar-refractivity contribution >= 4 is 0 Å². The van der Waals surface area contributed by atoms with Gasteiger partial charge in [-0.1, -0.05) is 6.92 Å². The second kappa shape index (κ2) is 5.73. The van der Waals surface area contributed by atoms with Crippen molar-refractivity contribution in [3.63, 3.8) is 0 Å². The molecule has 18 heavy (non-hydrogen) atoms. The lowest BCUT2D eigenvalue weighted by atomic mass is 10.1. The lowest BCUT2D eigenvalue weighted by Gasteiger charge is -2.09. The van der Waals surface area contributed by atoms with Gasteiger partial charge in [0, 0.05) is 31.1 Å². The highest BCUT2D eigenvalue weighted by atomic mass is 15.3. The molecule has 2 heterocycles. The van der Waals surface area contributed by atoms with Gasteiger partial charge >= 0.3 is 0 Å². The Morgan fingerprint density at radius 2 is 2.06 bits per heavy atom. The van der Waals surface area contributed by atoms with E-state index in [1.807, 2.05) is 16.9 Å². The molecular formula is C13H19N5. The van der Waals surface area contributed by atoms with Gasteiger partial charge in [0.2, 0.25) is 0 Å². The Morgan fingerprint density at radius 1 is 1.33 bits per heavy atom. The van der Waals surface area contributed by atoms with Gasteiger partial charge in [0.05, 0.1) is 11.7 Å². The summed E-state index contributed by atoms with van der Waals surface area (Å²) in [6.45, 7) is 4.30. The zero-order chi connectivity index (χ0) is 13.0. The topological polar surface area (TPSA) is 69.6 Å². The fraction of sp³-hybridized carbons (Fsp3) is 0.462. The van der Waals surface area contributed by atoms with Crippen molar-refractivity contribution < 1.29 is 0 Å². The molecule has 0 saturated carbocycles. The van der Waals surface area contributed by atoms with Crippen molar-refractivity contribution in [2.75, 3.05) is 0 Å². The number of hydrogen-bond donors (Lipinski definition) is 1. The van der Waals surface area contributed by atoms with E-state index in [4.69, 9.17) is 5.73 Å². The SMILES string of the molecule is CCC(C)n1ccc(CC(N)c2ncccn2)n1. The Balaban J connectivity index is 2.03. The first-order valence-electron chi connectivity index (χ1n) is 6.27. The fourth-order valence-electron chi connectivity index (χ4n) is 1.74. The van der Waals surface area contributed by atoms with Crippen molar-refractivity contribution in [3.05, 3.63) is 42.2 Å². The van der Waals surface area contributed by atoms with Gasteiger partial charge in [-0.15, -0.1) is 0 Å². The maximum atomic E-state index is 6.07. The highest BCUT2D eigenvalue weighted by molar-refractivity contribution is 5.06. The van der Waals surface area contributed by atoms with Crippen LogP contribution in [0.15, 0.2) is 30.7 Å². The molecule has 0 saturated heterocycles. The van der Waals surface area contributed by atoms with Gasteiger partial charge in [-0.2, -0.15) is 5.10 Å². The highest BCUT2D eigenvalue weighted by Gasteiger charge is 2.12. The maximum Gasteiger partial charge on any atom is 0.145 e. The van der Waals surface area contributed by atoms with Crippen LogP contribution in [0.3, 0.4) is 0 Å². The predicted octanol–water partition coefficient (Wildman–Crippen LogP) is 1.89. The predicted molar refractivity (Wildman–Crippen MR) is 69.9 cm³/mol. The zero-order valence-corrected chi connectivity index (χ0v) is 10.8. The molecule has 0 bridgehead atoms. The molecule has 2 N–H and O–H groups in total. The summed E-state index contributed by atoms with van der Waals surface area (Å²) in [6.07, 6.45) is 7.14. The summed E-state index contributed by atoms with van der Waals surface area (Å²) >= 11 is 0. The number of nitrogens with zero attached hydrogens (tertiary/aromatic N) is 4. The second-order valence-electron chi connectivity index (χ2n) is 4.46. The smallest absolute Gasteiger partial charge is 0.145 e. The average Bonchev–Trinajstić information content (AvgIpc) is 2.87. The number of hydrogen-bond acceptors (Lipinski definition) is 4. The Labute approximate surface area is 107 Å². The molecule has 0 spiro atoms. The first kappa shape index (κ1) is 12.7. The molecule has 5 heteroatoms. The van der Waals surface area contributed by atoms with E-state index in [9.17, 15) is 0 Å². The van der Waals surface area contributed by atoms with Gasteiger partial charge in [0.15, 0.2) is 0 Å². The largest absolute Gasteiger partial charge is 0.321 e. The molecule has 2 aromatic heterocycles. The summed E-state index contributed by atoms with van der Waals surface area (Å²) in [5, 5.41) is 4.53. The van der Waals surface area contributed by atoms with E-state index >= 15 is 0 Å². The quantitative estimate of drug-likeness (QED) is 0.873. The van der Waals surface area contributed by atoms with Crippen molar-refractivity contribution in [1.82, 2.24) is 19.7 Å². The zero-order valence-electron chi connectivity index (χ0n) is 10.8. The molecular weight excluding hydrogens is 226 g/mol. The van der Waals surface area contributed by atoms with E-state index < -0.39 is 0 Å². The number of rotatable bonds is 5. The van der Waals surface area contributed by atoms with Crippen molar-refractivity contribution in [2.45, 2.75) is 38.8 Å². The Morgan fingerprint density at radius 3 is 2.72 bits per heavy atom. The van der Waals surface area contributed by atoms with Crippen LogP contribution in [-0.2, 0) is 6.42 Å². The molecule has 2 rings (SSSR count). The summed E-state index contributed by atoms with van der Waals surface area (Å²) in [6, 6.07) is 4.01. The van der Waals surface area contributed by atoms with Crippen LogP contribution in [0.5, 0.6) is 0 Å². The lowest BCUT2D eigenvalue weighted by molar-refractivity contribution is 0.471. The minimum atomic E-state index is -0.202. The Bertz CT molecular complexity index is 479. The van der Waals surface area contributed by atoms with Crippen LogP contribution in [0.2, 0.25) is 0 Å². The van der Waals surface area contributed by atoms with Crippen LogP contribution in [0, 0.1) is 0 Å². The summed E-state index contributed by atoms with van der Waals surface area (Å²) in [5.41, 5.74) is 7.05. The van der Waals surface area contributed by atoms with Crippen molar-refractivity contribution in [2.24, 2.45) is 5.73 Å². The normalized spacial score (nSPS) is 14.4. The molecule has 0 aliphatic heterocycles. The third-order valence-electron chi connectivity index (χ3n) is 3.05. The van der Waals surface area contributed by atoms with E-state index in [0.29, 0.717) is 18.3 Å². The molecule has 2 atom stereocenters. The van der Waals surface area contributed by atoms with Gasteiger partial charge in [-0.05, 0) is 25.5 Å². The number of aromatic nitrogens is 4. The molecule has 0 aromatic carbocycles. The molecule has 0 radical (unpaired) electrons. The van der Waals surface area contributed by atoms with E-state index in [0.717, 1.165) is 12.1 Å². The second-order valence-corrected chi connectivity index (χ2v) is 4.46. The van der Waals surface area contributed by atoms with E-state index in [-0.39, 0.29) is 6.04 Å². The van der Waals surface area contributed by atoms with Gasteiger partial charge < -0.3 is 5.73 Å². The first-order chi connectivity index (χ1) is 8.70. The summed E-state index contributed by atoms with van der Waals surface area (Å²) in [4.78, 5) is 8.32. The third-order valence-corrected chi connectivity index (χ3v) is 3.05. The average molecular weight is 245 g/mol. The van der Waals surface area contributed by atoms with Gasteiger partial charge in [-0.25, -0.2) is 9.97 Å². The van der Waals surface area contributed by atoms with Crippen molar-refractivity contribution in [1.29, 1.82) is 0 Å². The Kier molecular flexibility index (Phi) is 4.04. The molecule has 96 valence electrons. The van der Waals surface area contributed by atoms with Crippen LogP contribution in [0.25, 0.3) is 0 Å². The summed E-state index contributed by atoms with van der Waals surface area (Å²) < 4.78 is 1.98. The van der Waals surface area contributed by atoms with Crippen LogP contribution < -0.4 is 5.73 Å². The fourth-order valence-corrected chi connectivity index (χ4v) is 1.74. The molecule has 0 fully saturated rings. The molecule has 0 aliphatic rings. The molecule has 0 amide bonds. The van der Waals surface area contributed by atoms with Crippen molar-refractivity contribution in [3.8, 4) is 0 Å². The summed E-state index contributed by atoms with van der Waals surface area (Å²) in [7, 11) is 0. The van der Waals surface area contributed by atoms with Crippen LogP contribution in [0.1, 0.15) is 43.9 Å². The van der Waals surface area contributed by atoms with Gasteiger partial charge in [0.25, 0.3) is 0 Å². The van der Waals surface area contributed by atoms with Crippen LogP contribution in [-0.4, -0.2) is 19.7 Å². The first-order valence-corrected chi connectivity index (χ1v) is 6.27. The standard InChI is InChI=1S/C13H19N5/c1-3-10(2)18-8-5-11(17-18)9-12(14)13-15-6-4-7-16-13/h4-8,10,12H,3,9,14H2,1-2H3. The highest BCUT2D eigenvalue weighted by Crippen LogP contribution is 2.13. The molecule has 0 aliphatic carbocycles. The van der Waals surface area contributed by atoms with Crippen LogP contribution in [0.4, 0.5) is 0 Å². The minimum Gasteiger partial charge on any atom is -0.321 e. The summed E-state index contributed by atoms with van der Waals surface area (Å²) in [5.74, 6) is 0.663. The monoisotopic (exact) mass is 245 g/mol. The van der Waals surface area contributed by atoms with E-state index in [1.165, 1.54) is 0 Å². The minimum absolute atomic E-state index is 0.202. The van der Waals surface area contributed by atoms with Crippen LogP contribution >= 0.6 is 0 Å². The molecule has 5 nitrogen and oxygen atoms in total. The lowest BCUT2D eigenvalue weighted by Crippen LogP contribution is -2.17. The van der Waals surface area contributed by atoms with E-state index in [2.05, 4.69) is 28.9 Å². The Hall–Kier alpha value is -1.75. The number of nitrogens with two attached hydrogens (primary N) is 1. The maximum absolute atomic E-state index is 6.07.